The molecule has 2 aromatic rings. The van der Waals surface area contributed by atoms with Crippen LogP contribution in [0.25, 0.3) is 0 Å². The summed E-state index contributed by atoms with van der Waals surface area (Å²) in [6.07, 6.45) is 0. The number of rotatable bonds is 5. The van der Waals surface area contributed by atoms with Crippen molar-refractivity contribution < 1.29 is 19.2 Å². The molecule has 2 aromatic carbocycles. The zero-order valence-corrected chi connectivity index (χ0v) is 15.7. The number of carbonyl (C=O) groups is 2. The Morgan fingerprint density at radius 1 is 1.12 bits per heavy atom. The van der Waals surface area contributed by atoms with E-state index in [1.165, 1.54) is 18.2 Å². The standard InChI is InChI=1S/C15H11Br2N3O5/c16-10-4-5-13(12(17)7-10)25-8-14(21)18-19-15(22)9-2-1-3-11(6-9)20(23)24/h1-7H,8H2,(H,18,21)(H,19,22). The number of hydrogen-bond acceptors (Lipinski definition) is 5. The van der Waals surface area contributed by atoms with Crippen molar-refractivity contribution in [2.45, 2.75) is 0 Å². The second kappa shape index (κ2) is 8.58. The maximum atomic E-state index is 11.9. The van der Waals surface area contributed by atoms with Crippen LogP contribution < -0.4 is 15.6 Å². The molecule has 0 aliphatic rings. The number of carbonyl (C=O) groups excluding carboxylic acids is 2. The van der Waals surface area contributed by atoms with Gasteiger partial charge in [-0.15, -0.1) is 0 Å². The van der Waals surface area contributed by atoms with Crippen molar-refractivity contribution in [1.82, 2.24) is 10.9 Å². The monoisotopic (exact) mass is 471 g/mol. The summed E-state index contributed by atoms with van der Waals surface area (Å²) in [6, 6.07) is 10.3. The average Bonchev–Trinajstić information content (AvgIpc) is 2.59. The number of nitro benzene ring substituents is 1. The first-order chi connectivity index (χ1) is 11.9. The van der Waals surface area contributed by atoms with Gasteiger partial charge in [0.05, 0.1) is 9.40 Å². The minimum absolute atomic E-state index is 0.0473. The fourth-order valence-corrected chi connectivity index (χ4v) is 2.89. The van der Waals surface area contributed by atoms with E-state index in [1.54, 1.807) is 18.2 Å². The zero-order chi connectivity index (χ0) is 18.4. The Morgan fingerprint density at radius 2 is 1.88 bits per heavy atom. The lowest BCUT2D eigenvalue weighted by Gasteiger charge is -2.10. The number of nitrogens with one attached hydrogen (secondary N) is 2. The number of nitro groups is 1. The topological polar surface area (TPSA) is 111 Å². The van der Waals surface area contributed by atoms with Crippen LogP contribution in [-0.4, -0.2) is 23.3 Å². The Labute approximate surface area is 158 Å². The predicted octanol–water partition coefficient (Wildman–Crippen LogP) is 2.96. The largest absolute Gasteiger partial charge is 0.483 e. The number of ether oxygens (including phenoxy) is 1. The van der Waals surface area contributed by atoms with E-state index in [4.69, 9.17) is 4.74 Å². The van der Waals surface area contributed by atoms with E-state index in [0.717, 1.165) is 10.5 Å². The fraction of sp³-hybridized carbons (Fsp3) is 0.0667. The number of hydrazine groups is 1. The van der Waals surface area contributed by atoms with Crippen LogP contribution in [0.2, 0.25) is 0 Å². The molecule has 0 aromatic heterocycles. The van der Waals surface area contributed by atoms with Gasteiger partial charge in [0.15, 0.2) is 6.61 Å². The number of hydrogen-bond donors (Lipinski definition) is 2. The number of benzene rings is 2. The summed E-state index contributed by atoms with van der Waals surface area (Å²) in [4.78, 5) is 33.7. The highest BCUT2D eigenvalue weighted by Gasteiger charge is 2.12. The van der Waals surface area contributed by atoms with Gasteiger partial charge in [0.2, 0.25) is 0 Å². The SMILES string of the molecule is O=C(COc1ccc(Br)cc1Br)NNC(=O)c1cccc([N+](=O)[O-])c1. The summed E-state index contributed by atoms with van der Waals surface area (Å²) in [7, 11) is 0. The lowest BCUT2D eigenvalue weighted by molar-refractivity contribution is -0.384. The van der Waals surface area contributed by atoms with Crippen molar-refractivity contribution in [2.24, 2.45) is 0 Å². The van der Waals surface area contributed by atoms with Gasteiger partial charge in [-0.2, -0.15) is 0 Å². The van der Waals surface area contributed by atoms with Gasteiger partial charge in [-0.05, 0) is 40.2 Å². The van der Waals surface area contributed by atoms with Crippen LogP contribution in [0.5, 0.6) is 5.75 Å². The summed E-state index contributed by atoms with van der Waals surface area (Å²) in [5.74, 6) is -0.807. The molecular formula is C15H11Br2N3O5. The Balaban J connectivity index is 1.86. The third-order valence-corrected chi connectivity index (χ3v) is 4.00. The van der Waals surface area contributed by atoms with Crippen molar-refractivity contribution >= 4 is 49.4 Å². The molecule has 2 N–H and O–H groups in total. The van der Waals surface area contributed by atoms with Crippen molar-refractivity contribution in [3.8, 4) is 5.75 Å². The summed E-state index contributed by atoms with van der Waals surface area (Å²) < 4.78 is 6.83. The van der Waals surface area contributed by atoms with Gasteiger partial charge in [0, 0.05) is 22.2 Å². The maximum absolute atomic E-state index is 11.9. The molecule has 0 aliphatic heterocycles. The van der Waals surface area contributed by atoms with E-state index in [9.17, 15) is 19.7 Å². The Morgan fingerprint density at radius 3 is 2.56 bits per heavy atom. The van der Waals surface area contributed by atoms with Gasteiger partial charge < -0.3 is 4.74 Å². The molecule has 0 heterocycles. The Kier molecular flexibility index (Phi) is 6.48. The normalized spacial score (nSPS) is 10.0. The van der Waals surface area contributed by atoms with E-state index in [1.807, 2.05) is 0 Å². The van der Waals surface area contributed by atoms with Gasteiger partial charge in [-0.25, -0.2) is 0 Å². The van der Waals surface area contributed by atoms with E-state index in [0.29, 0.717) is 10.2 Å². The smallest absolute Gasteiger partial charge is 0.276 e. The lowest BCUT2D eigenvalue weighted by atomic mass is 10.2. The first-order valence-corrected chi connectivity index (χ1v) is 8.37. The molecule has 0 unspecified atom stereocenters. The quantitative estimate of drug-likeness (QED) is 0.513. The van der Waals surface area contributed by atoms with Crippen LogP contribution in [-0.2, 0) is 4.79 Å². The molecule has 25 heavy (non-hydrogen) atoms. The Hall–Kier alpha value is -2.46. The zero-order valence-electron chi connectivity index (χ0n) is 12.5. The van der Waals surface area contributed by atoms with Crippen LogP contribution in [0, 0.1) is 10.1 Å². The molecule has 0 aliphatic carbocycles. The molecule has 0 atom stereocenters. The Bertz CT molecular complexity index is 829. The minimum Gasteiger partial charge on any atom is -0.483 e. The number of halogens is 2. The highest BCUT2D eigenvalue weighted by molar-refractivity contribution is 9.11. The van der Waals surface area contributed by atoms with Gasteiger partial charge in [-0.1, -0.05) is 22.0 Å². The van der Waals surface area contributed by atoms with Crippen molar-refractivity contribution in [1.29, 1.82) is 0 Å². The van der Waals surface area contributed by atoms with Crippen molar-refractivity contribution in [2.75, 3.05) is 6.61 Å². The van der Waals surface area contributed by atoms with Crippen LogP contribution in [0.3, 0.4) is 0 Å². The first kappa shape index (κ1) is 18.9. The average molecular weight is 473 g/mol. The molecule has 2 rings (SSSR count). The molecule has 8 nitrogen and oxygen atoms in total. The van der Waals surface area contributed by atoms with Gasteiger partial charge in [-0.3, -0.25) is 30.6 Å². The van der Waals surface area contributed by atoms with Gasteiger partial charge >= 0.3 is 0 Å². The molecule has 0 fully saturated rings. The fourth-order valence-electron chi connectivity index (χ4n) is 1.73. The molecule has 0 saturated carbocycles. The third-order valence-electron chi connectivity index (χ3n) is 2.89. The van der Waals surface area contributed by atoms with Crippen LogP contribution in [0.4, 0.5) is 5.69 Å². The number of amides is 2. The van der Waals surface area contributed by atoms with Gasteiger partial charge in [0.25, 0.3) is 17.5 Å². The molecule has 10 heteroatoms. The number of non-ortho nitro benzene ring substituents is 1. The summed E-state index contributed by atoms with van der Waals surface area (Å²) >= 11 is 6.60. The van der Waals surface area contributed by atoms with Crippen LogP contribution in [0.1, 0.15) is 10.4 Å². The molecule has 0 saturated heterocycles. The van der Waals surface area contributed by atoms with Crippen LogP contribution >= 0.6 is 31.9 Å². The summed E-state index contributed by atoms with van der Waals surface area (Å²) in [5.41, 5.74) is 4.16. The third kappa shape index (κ3) is 5.54. The minimum atomic E-state index is -0.679. The van der Waals surface area contributed by atoms with Crippen molar-refractivity contribution in [3.63, 3.8) is 0 Å². The molecular weight excluding hydrogens is 462 g/mol. The van der Waals surface area contributed by atoms with E-state index in [-0.39, 0.29) is 17.9 Å². The molecule has 0 radical (unpaired) electrons. The maximum Gasteiger partial charge on any atom is 0.276 e. The summed E-state index contributed by atoms with van der Waals surface area (Å²) in [6.45, 7) is -0.324. The molecule has 2 amide bonds. The molecule has 0 spiro atoms. The molecule has 130 valence electrons. The lowest BCUT2D eigenvalue weighted by Crippen LogP contribution is -2.43. The second-order valence-electron chi connectivity index (χ2n) is 4.67. The van der Waals surface area contributed by atoms with E-state index < -0.39 is 16.7 Å². The number of nitrogens with zero attached hydrogens (tertiary/aromatic N) is 1. The predicted molar refractivity (Wildman–Crippen MR) is 96.0 cm³/mol. The van der Waals surface area contributed by atoms with E-state index in [2.05, 4.69) is 42.7 Å². The molecule has 0 bridgehead atoms. The van der Waals surface area contributed by atoms with Crippen molar-refractivity contribution in [3.05, 3.63) is 67.1 Å². The summed E-state index contributed by atoms with van der Waals surface area (Å²) in [5, 5.41) is 10.7. The first-order valence-electron chi connectivity index (χ1n) is 6.78. The van der Waals surface area contributed by atoms with E-state index >= 15 is 0 Å². The second-order valence-corrected chi connectivity index (χ2v) is 6.44. The highest BCUT2D eigenvalue weighted by atomic mass is 79.9. The van der Waals surface area contributed by atoms with Gasteiger partial charge in [0.1, 0.15) is 5.75 Å². The van der Waals surface area contributed by atoms with Crippen LogP contribution in [0.15, 0.2) is 51.4 Å². The highest BCUT2D eigenvalue weighted by Crippen LogP contribution is 2.28.